The molecule has 1 amide bonds. The van der Waals surface area contributed by atoms with E-state index in [4.69, 9.17) is 0 Å². The van der Waals surface area contributed by atoms with Crippen LogP contribution < -0.4 is 0 Å². The molecule has 0 saturated carbocycles. The van der Waals surface area contributed by atoms with Crippen molar-refractivity contribution in [1.82, 2.24) is 14.2 Å². The van der Waals surface area contributed by atoms with Gasteiger partial charge < -0.3 is 4.90 Å². The van der Waals surface area contributed by atoms with Crippen LogP contribution in [-0.4, -0.2) is 49.7 Å². The van der Waals surface area contributed by atoms with Gasteiger partial charge in [-0.25, -0.2) is 8.42 Å². The van der Waals surface area contributed by atoms with Gasteiger partial charge in [0.15, 0.2) is 0 Å². The van der Waals surface area contributed by atoms with E-state index in [9.17, 15) is 13.2 Å². The summed E-state index contributed by atoms with van der Waals surface area (Å²) in [6.07, 6.45) is 3.26. The smallest absolute Gasteiger partial charge is 0.253 e. The normalized spacial score (nSPS) is 11.5. The maximum Gasteiger partial charge on any atom is 0.253 e. The molecule has 2 rings (SSSR count). The van der Waals surface area contributed by atoms with Gasteiger partial charge in [-0.05, 0) is 29.8 Å². The number of carbonyl (C=O) groups is 1. The van der Waals surface area contributed by atoms with Crippen molar-refractivity contribution in [3.63, 3.8) is 0 Å². The Morgan fingerprint density at radius 2 is 1.87 bits per heavy atom. The van der Waals surface area contributed by atoms with Crippen molar-refractivity contribution in [3.05, 3.63) is 59.9 Å². The van der Waals surface area contributed by atoms with Crippen molar-refractivity contribution in [3.8, 4) is 0 Å². The van der Waals surface area contributed by atoms with E-state index in [1.54, 1.807) is 44.7 Å². The van der Waals surface area contributed by atoms with E-state index in [-0.39, 0.29) is 17.3 Å². The molecule has 122 valence electrons. The molecule has 1 heterocycles. The maximum absolute atomic E-state index is 12.7. The second kappa shape index (κ2) is 6.89. The zero-order valence-electron chi connectivity index (χ0n) is 13.3. The molecule has 0 spiro atoms. The summed E-state index contributed by atoms with van der Waals surface area (Å²) < 4.78 is 26.6. The van der Waals surface area contributed by atoms with Crippen molar-refractivity contribution in [2.24, 2.45) is 0 Å². The molecule has 0 bridgehead atoms. The van der Waals surface area contributed by atoms with Gasteiger partial charge in [0.05, 0.1) is 4.90 Å². The Morgan fingerprint density at radius 1 is 1.13 bits per heavy atom. The molecule has 1 aromatic carbocycles. The Morgan fingerprint density at radius 3 is 2.48 bits per heavy atom. The number of carbonyl (C=O) groups excluding carboxylic acids is 1. The topological polar surface area (TPSA) is 70.6 Å². The Labute approximate surface area is 136 Å². The zero-order chi connectivity index (χ0) is 17.0. The van der Waals surface area contributed by atoms with Crippen molar-refractivity contribution < 1.29 is 13.2 Å². The van der Waals surface area contributed by atoms with Crippen molar-refractivity contribution in [1.29, 1.82) is 0 Å². The van der Waals surface area contributed by atoms with Gasteiger partial charge >= 0.3 is 0 Å². The molecule has 23 heavy (non-hydrogen) atoms. The van der Waals surface area contributed by atoms with Crippen LogP contribution in [0, 0.1) is 0 Å². The third kappa shape index (κ3) is 3.94. The number of sulfonamides is 1. The lowest BCUT2D eigenvalue weighted by Crippen LogP contribution is -2.27. The molecule has 7 heteroatoms. The fraction of sp³-hybridized carbons (Fsp3) is 0.250. The summed E-state index contributed by atoms with van der Waals surface area (Å²) in [6.45, 7) is 0.210. The average molecular weight is 333 g/mol. The fourth-order valence-corrected chi connectivity index (χ4v) is 3.27. The second-order valence-corrected chi connectivity index (χ2v) is 7.39. The molecule has 0 aliphatic heterocycles. The number of hydrogen-bond acceptors (Lipinski definition) is 4. The Kier molecular flexibility index (Phi) is 5.12. The molecule has 0 saturated heterocycles. The van der Waals surface area contributed by atoms with Crippen LogP contribution in [0.15, 0.2) is 53.7 Å². The van der Waals surface area contributed by atoms with Gasteiger partial charge in [0.1, 0.15) is 0 Å². The third-order valence-corrected chi connectivity index (χ3v) is 5.12. The lowest BCUT2D eigenvalue weighted by Gasteiger charge is -2.18. The summed E-state index contributed by atoms with van der Waals surface area (Å²) in [7, 11) is 1.06. The summed E-state index contributed by atoms with van der Waals surface area (Å²) in [5, 5.41) is 0. The SMILES string of the molecule is CN(C)C(=O)c1cccc(S(=O)(=O)N(C)Cc2cccnc2)c1. The molecule has 0 aliphatic carbocycles. The quantitative estimate of drug-likeness (QED) is 0.833. The molecular formula is C16H19N3O3S. The molecule has 0 radical (unpaired) electrons. The van der Waals surface area contributed by atoms with Gasteiger partial charge in [-0.3, -0.25) is 9.78 Å². The van der Waals surface area contributed by atoms with Crippen molar-refractivity contribution in [2.75, 3.05) is 21.1 Å². The highest BCUT2D eigenvalue weighted by atomic mass is 32.2. The summed E-state index contributed by atoms with van der Waals surface area (Å²) >= 11 is 0. The number of pyridine rings is 1. The predicted molar refractivity (Wildman–Crippen MR) is 87.3 cm³/mol. The van der Waals surface area contributed by atoms with E-state index in [0.717, 1.165) is 5.56 Å². The maximum atomic E-state index is 12.7. The Bertz CT molecular complexity index is 789. The van der Waals surface area contributed by atoms with Crippen LogP contribution in [0.4, 0.5) is 0 Å². The highest BCUT2D eigenvalue weighted by Gasteiger charge is 2.22. The first-order valence-corrected chi connectivity index (χ1v) is 8.43. The van der Waals surface area contributed by atoms with Crippen molar-refractivity contribution >= 4 is 15.9 Å². The number of benzene rings is 1. The predicted octanol–water partition coefficient (Wildman–Crippen LogP) is 1.60. The van der Waals surface area contributed by atoms with Crippen LogP contribution >= 0.6 is 0 Å². The molecule has 2 aromatic rings. The van der Waals surface area contributed by atoms with E-state index in [1.807, 2.05) is 6.07 Å². The number of aromatic nitrogens is 1. The van der Waals surface area contributed by atoms with Gasteiger partial charge in [-0.15, -0.1) is 0 Å². The van der Waals surface area contributed by atoms with Crippen LogP contribution in [0.1, 0.15) is 15.9 Å². The minimum absolute atomic E-state index is 0.0941. The number of nitrogens with zero attached hydrogens (tertiary/aromatic N) is 3. The second-order valence-electron chi connectivity index (χ2n) is 5.35. The highest BCUT2D eigenvalue weighted by Crippen LogP contribution is 2.18. The van der Waals surface area contributed by atoms with Crippen LogP contribution in [0.2, 0.25) is 0 Å². The number of rotatable bonds is 5. The average Bonchev–Trinajstić information content (AvgIpc) is 2.55. The van der Waals surface area contributed by atoms with Gasteiger partial charge in [-0.2, -0.15) is 4.31 Å². The first-order valence-electron chi connectivity index (χ1n) is 6.99. The van der Waals surface area contributed by atoms with Gasteiger partial charge in [0.2, 0.25) is 10.0 Å². The van der Waals surface area contributed by atoms with E-state index in [2.05, 4.69) is 4.98 Å². The van der Waals surface area contributed by atoms with E-state index < -0.39 is 10.0 Å². The van der Waals surface area contributed by atoms with Crippen LogP contribution in [0.25, 0.3) is 0 Å². The van der Waals surface area contributed by atoms with Crippen LogP contribution in [0.3, 0.4) is 0 Å². The first-order chi connectivity index (χ1) is 10.8. The summed E-state index contributed by atoms with van der Waals surface area (Å²) in [4.78, 5) is 17.5. The minimum Gasteiger partial charge on any atom is -0.345 e. The largest absolute Gasteiger partial charge is 0.345 e. The summed E-state index contributed by atoms with van der Waals surface area (Å²) in [6, 6.07) is 9.63. The number of hydrogen-bond donors (Lipinski definition) is 0. The number of amides is 1. The van der Waals surface area contributed by atoms with Gasteiger partial charge in [0, 0.05) is 45.6 Å². The van der Waals surface area contributed by atoms with Crippen LogP contribution in [0.5, 0.6) is 0 Å². The van der Waals surface area contributed by atoms with E-state index >= 15 is 0 Å². The summed E-state index contributed by atoms with van der Waals surface area (Å²) in [5.41, 5.74) is 1.13. The molecule has 0 aliphatic rings. The van der Waals surface area contributed by atoms with E-state index in [0.29, 0.717) is 5.56 Å². The van der Waals surface area contributed by atoms with E-state index in [1.165, 1.54) is 28.4 Å². The van der Waals surface area contributed by atoms with Gasteiger partial charge in [0.25, 0.3) is 5.91 Å². The minimum atomic E-state index is -3.68. The molecule has 6 nitrogen and oxygen atoms in total. The monoisotopic (exact) mass is 333 g/mol. The highest BCUT2D eigenvalue weighted by molar-refractivity contribution is 7.89. The molecule has 0 unspecified atom stereocenters. The standard InChI is InChI=1S/C16H19N3O3S/c1-18(2)16(20)14-7-4-8-15(10-14)23(21,22)19(3)12-13-6-5-9-17-11-13/h4-11H,12H2,1-3H3. The lowest BCUT2D eigenvalue weighted by molar-refractivity contribution is 0.0827. The Hall–Kier alpha value is -2.25. The zero-order valence-corrected chi connectivity index (χ0v) is 14.1. The first kappa shape index (κ1) is 17.1. The summed E-state index contributed by atoms with van der Waals surface area (Å²) in [5.74, 6) is -0.239. The molecule has 0 atom stereocenters. The molecule has 0 fully saturated rings. The Balaban J connectivity index is 2.29. The molecular weight excluding hydrogens is 314 g/mol. The van der Waals surface area contributed by atoms with Crippen molar-refractivity contribution in [2.45, 2.75) is 11.4 Å². The fourth-order valence-electron chi connectivity index (χ4n) is 2.06. The lowest BCUT2D eigenvalue weighted by atomic mass is 10.2. The van der Waals surface area contributed by atoms with Crippen LogP contribution in [-0.2, 0) is 16.6 Å². The molecule has 1 aromatic heterocycles. The third-order valence-electron chi connectivity index (χ3n) is 3.32. The van der Waals surface area contributed by atoms with Gasteiger partial charge in [-0.1, -0.05) is 12.1 Å². The molecule has 0 N–H and O–H groups in total.